The number of unbranched alkanes of at least 4 members (excludes halogenated alkanes) is 5. The summed E-state index contributed by atoms with van der Waals surface area (Å²) >= 11 is 0.753. The molecule has 2 aromatic rings. The van der Waals surface area contributed by atoms with Gasteiger partial charge in [0.25, 0.3) is 11.1 Å². The molecule has 8 heteroatoms. The molecule has 0 spiro atoms. The van der Waals surface area contributed by atoms with Crippen LogP contribution in [-0.2, 0) is 9.59 Å². The zero-order chi connectivity index (χ0) is 26.4. The van der Waals surface area contributed by atoms with E-state index in [0.717, 1.165) is 63.8 Å². The topological polar surface area (TPSA) is 87.2 Å². The summed E-state index contributed by atoms with van der Waals surface area (Å²) in [4.78, 5) is 38.6. The predicted molar refractivity (Wildman–Crippen MR) is 148 cm³/mol. The lowest BCUT2D eigenvalue weighted by Gasteiger charge is -2.18. The van der Waals surface area contributed by atoms with Gasteiger partial charge >= 0.3 is 5.97 Å². The van der Waals surface area contributed by atoms with Gasteiger partial charge in [0.2, 0.25) is 5.88 Å². The Kier molecular flexibility index (Phi) is 8.71. The Bertz CT molecular complexity index is 1300. The Morgan fingerprint density at radius 3 is 2.57 bits per heavy atom. The molecule has 2 amide bonds. The lowest BCUT2D eigenvalue weighted by Crippen LogP contribution is -2.33. The predicted octanol–water partition coefficient (Wildman–Crippen LogP) is 6.85. The Morgan fingerprint density at radius 1 is 1.03 bits per heavy atom. The Hall–Kier alpha value is -3.52. The van der Waals surface area contributed by atoms with Gasteiger partial charge in [-0.15, -0.1) is 0 Å². The van der Waals surface area contributed by atoms with Crippen molar-refractivity contribution in [2.45, 2.75) is 52.4 Å². The third-order valence-electron chi connectivity index (χ3n) is 6.37. The van der Waals surface area contributed by atoms with Gasteiger partial charge in [0.1, 0.15) is 6.54 Å². The van der Waals surface area contributed by atoms with Crippen molar-refractivity contribution >= 4 is 45.3 Å². The first-order valence-corrected chi connectivity index (χ1v) is 13.5. The lowest BCUT2D eigenvalue weighted by atomic mass is 10.1. The van der Waals surface area contributed by atoms with Crippen LogP contribution in [-0.4, -0.2) is 40.2 Å². The minimum absolute atomic E-state index is 0.212. The second-order valence-electron chi connectivity index (χ2n) is 9.23. The third-order valence-corrected chi connectivity index (χ3v) is 7.28. The maximum Gasteiger partial charge on any atom is 0.323 e. The highest BCUT2D eigenvalue weighted by atomic mass is 32.2. The van der Waals surface area contributed by atoms with Gasteiger partial charge in [0.05, 0.1) is 10.6 Å². The monoisotopic (exact) mass is 520 g/mol. The van der Waals surface area contributed by atoms with Crippen LogP contribution in [0.1, 0.15) is 52.4 Å². The Balaban J connectivity index is 1.55. The standard InChI is InChI=1S/C29H32N2O5S/c1-3-4-5-6-7-10-17-30-23-15-14-21-11-8-9-12-22(21)27(23)36-25(30)16-13-20(2)18-24-28(34)31(19-26(32)33)29(35)37-24/h8-9,11-16,18H,3-7,10,17,19H2,1-2H3,(H,32,33). The number of thioether (sulfide) groups is 1. The van der Waals surface area contributed by atoms with E-state index in [9.17, 15) is 14.4 Å². The van der Waals surface area contributed by atoms with E-state index in [0.29, 0.717) is 5.88 Å². The summed E-state index contributed by atoms with van der Waals surface area (Å²) in [6, 6.07) is 12.4. The minimum atomic E-state index is -1.23. The van der Waals surface area contributed by atoms with Crippen LogP contribution in [0.5, 0.6) is 5.75 Å². The van der Waals surface area contributed by atoms with Gasteiger partial charge < -0.3 is 14.7 Å². The lowest BCUT2D eigenvalue weighted by molar-refractivity contribution is -0.140. The average Bonchev–Trinajstić information content (AvgIpc) is 3.36. The fraction of sp³-hybridized carbons (Fsp3) is 0.345. The largest absolute Gasteiger partial charge is 0.480 e. The maximum absolute atomic E-state index is 12.5. The normalized spacial score (nSPS) is 17.8. The van der Waals surface area contributed by atoms with E-state index < -0.39 is 23.7 Å². The van der Waals surface area contributed by atoms with Crippen molar-refractivity contribution in [3.05, 3.63) is 71.0 Å². The number of nitrogens with zero attached hydrogens (tertiary/aromatic N) is 2. The quantitative estimate of drug-likeness (QED) is 0.256. The number of amides is 2. The number of aliphatic carboxylic acids is 1. The molecule has 0 aromatic heterocycles. The zero-order valence-corrected chi connectivity index (χ0v) is 22.1. The molecule has 194 valence electrons. The molecule has 0 bridgehead atoms. The molecule has 37 heavy (non-hydrogen) atoms. The van der Waals surface area contributed by atoms with Gasteiger partial charge in [-0.1, -0.05) is 75.4 Å². The molecule has 2 heterocycles. The van der Waals surface area contributed by atoms with Crippen molar-refractivity contribution in [2.75, 3.05) is 18.0 Å². The van der Waals surface area contributed by atoms with Crippen LogP contribution in [0.3, 0.4) is 0 Å². The summed E-state index contributed by atoms with van der Waals surface area (Å²) in [5.74, 6) is -0.252. The summed E-state index contributed by atoms with van der Waals surface area (Å²) in [5.41, 5.74) is 1.79. The third kappa shape index (κ3) is 6.25. The molecular weight excluding hydrogens is 488 g/mol. The van der Waals surface area contributed by atoms with Crippen molar-refractivity contribution in [3.63, 3.8) is 0 Å². The summed E-state index contributed by atoms with van der Waals surface area (Å²) in [6.07, 6.45) is 12.5. The number of ether oxygens (including phenoxy) is 1. The van der Waals surface area contributed by atoms with E-state index in [1.807, 2.05) is 31.2 Å². The zero-order valence-electron chi connectivity index (χ0n) is 21.2. The SMILES string of the molecule is CCCCCCCCN1C(=CC=C(C)C=C2SC(=O)N(CC(=O)O)C2=O)Oc2c1ccc1ccccc21. The fourth-order valence-corrected chi connectivity index (χ4v) is 5.35. The highest BCUT2D eigenvalue weighted by molar-refractivity contribution is 8.18. The number of benzene rings is 2. The Morgan fingerprint density at radius 2 is 1.78 bits per heavy atom. The summed E-state index contributed by atoms with van der Waals surface area (Å²) < 4.78 is 6.37. The number of rotatable bonds is 11. The molecule has 0 saturated carbocycles. The summed E-state index contributed by atoms with van der Waals surface area (Å²) in [6.45, 7) is 4.25. The van der Waals surface area contributed by atoms with Crippen LogP contribution in [0, 0.1) is 0 Å². The molecule has 0 radical (unpaired) electrons. The molecule has 2 aromatic carbocycles. The highest BCUT2D eigenvalue weighted by Gasteiger charge is 2.36. The van der Waals surface area contributed by atoms with E-state index in [2.05, 4.69) is 36.1 Å². The molecule has 7 nitrogen and oxygen atoms in total. The van der Waals surface area contributed by atoms with Crippen molar-refractivity contribution in [1.29, 1.82) is 0 Å². The summed E-state index contributed by atoms with van der Waals surface area (Å²) in [5, 5.41) is 10.6. The number of fused-ring (bicyclic) bond motifs is 3. The average molecular weight is 521 g/mol. The van der Waals surface area contributed by atoms with E-state index in [4.69, 9.17) is 9.84 Å². The molecule has 4 rings (SSSR count). The number of carbonyl (C=O) groups excluding carboxylic acids is 2. The Labute approximate surface area is 221 Å². The fourth-order valence-electron chi connectivity index (χ4n) is 4.46. The molecule has 1 fully saturated rings. The number of carboxylic acids is 1. The number of hydrogen-bond donors (Lipinski definition) is 1. The van der Waals surface area contributed by atoms with Gasteiger partial charge in [-0.2, -0.15) is 0 Å². The number of carbonyl (C=O) groups is 3. The van der Waals surface area contributed by atoms with Crippen molar-refractivity contribution in [2.24, 2.45) is 0 Å². The number of allylic oxidation sites excluding steroid dienone is 4. The molecule has 1 N–H and O–H groups in total. The van der Waals surface area contributed by atoms with Gasteiger partial charge in [0, 0.05) is 11.9 Å². The van der Waals surface area contributed by atoms with Gasteiger partial charge in [0.15, 0.2) is 5.75 Å². The first kappa shape index (κ1) is 26.5. The number of carboxylic acid groups (broad SMARTS) is 1. The first-order chi connectivity index (χ1) is 17.9. The maximum atomic E-state index is 12.5. The van der Waals surface area contributed by atoms with E-state index in [1.165, 1.54) is 25.7 Å². The molecular formula is C29H32N2O5S. The van der Waals surface area contributed by atoms with Crippen LogP contribution in [0.25, 0.3) is 10.8 Å². The van der Waals surface area contributed by atoms with Crippen LogP contribution >= 0.6 is 11.8 Å². The molecule has 2 aliphatic rings. The highest BCUT2D eigenvalue weighted by Crippen LogP contribution is 2.44. The second-order valence-corrected chi connectivity index (χ2v) is 10.2. The second kappa shape index (κ2) is 12.1. The minimum Gasteiger partial charge on any atom is -0.480 e. The van der Waals surface area contributed by atoms with Gasteiger partial charge in [-0.3, -0.25) is 19.3 Å². The van der Waals surface area contributed by atoms with Crippen molar-refractivity contribution in [3.8, 4) is 5.75 Å². The van der Waals surface area contributed by atoms with Crippen molar-refractivity contribution < 1.29 is 24.2 Å². The van der Waals surface area contributed by atoms with Gasteiger partial charge in [-0.05, 0) is 54.3 Å². The van der Waals surface area contributed by atoms with E-state index in [1.54, 1.807) is 6.08 Å². The van der Waals surface area contributed by atoms with Crippen LogP contribution in [0.2, 0.25) is 0 Å². The van der Waals surface area contributed by atoms with Crippen molar-refractivity contribution in [1.82, 2.24) is 4.90 Å². The molecule has 2 aliphatic heterocycles. The number of anilines is 1. The van der Waals surface area contributed by atoms with Crippen LogP contribution in [0.15, 0.2) is 71.0 Å². The van der Waals surface area contributed by atoms with E-state index in [-0.39, 0.29) is 4.91 Å². The van der Waals surface area contributed by atoms with Crippen LogP contribution < -0.4 is 9.64 Å². The molecule has 1 saturated heterocycles. The summed E-state index contributed by atoms with van der Waals surface area (Å²) in [7, 11) is 0. The number of hydrogen-bond acceptors (Lipinski definition) is 6. The molecule has 0 aliphatic carbocycles. The van der Waals surface area contributed by atoms with Crippen LogP contribution in [0.4, 0.5) is 10.5 Å². The van der Waals surface area contributed by atoms with Gasteiger partial charge in [-0.25, -0.2) is 0 Å². The molecule has 0 atom stereocenters. The number of imide groups is 1. The van der Waals surface area contributed by atoms with E-state index >= 15 is 0 Å². The smallest absolute Gasteiger partial charge is 0.323 e. The first-order valence-electron chi connectivity index (χ1n) is 12.7. The molecule has 0 unspecified atom stereocenters.